The van der Waals surface area contributed by atoms with E-state index in [1.165, 1.54) is 65.3 Å². The van der Waals surface area contributed by atoms with E-state index in [1.807, 2.05) is 12.1 Å². The van der Waals surface area contributed by atoms with Gasteiger partial charge in [-0.05, 0) is 60.4 Å². The van der Waals surface area contributed by atoms with Crippen LogP contribution in [0.3, 0.4) is 0 Å². The third kappa shape index (κ3) is 3.21. The van der Waals surface area contributed by atoms with Gasteiger partial charge in [0.1, 0.15) is 18.2 Å². The van der Waals surface area contributed by atoms with Crippen LogP contribution < -0.4 is 4.57 Å². The summed E-state index contributed by atoms with van der Waals surface area (Å²) in [6.45, 7) is 12.0. The Morgan fingerprint density at radius 2 is 1.79 bits per heavy atom. The van der Waals surface area contributed by atoms with Gasteiger partial charge in [0, 0.05) is 16.8 Å². The summed E-state index contributed by atoms with van der Waals surface area (Å²) in [6.07, 6.45) is 8.85. The molecule has 0 unspecified atom stereocenters. The Morgan fingerprint density at radius 3 is 2.59 bits per heavy atom. The van der Waals surface area contributed by atoms with Crippen molar-refractivity contribution in [1.29, 1.82) is 0 Å². The number of nitrogens with zero attached hydrogens (tertiary/aromatic N) is 2. The van der Waals surface area contributed by atoms with E-state index in [2.05, 4.69) is 72.9 Å². The van der Waals surface area contributed by atoms with Crippen molar-refractivity contribution in [2.24, 2.45) is 13.0 Å². The second-order valence-corrected chi connectivity index (χ2v) is 9.99. The molecule has 2 heterocycles. The number of aryl methyl sites for hydroxylation is 2. The molecule has 3 aromatic carbocycles. The Morgan fingerprint density at radius 1 is 0.971 bits per heavy atom. The third-order valence-corrected chi connectivity index (χ3v) is 7.85. The minimum Gasteiger partial charge on any atom is -0.466 e. The van der Waals surface area contributed by atoms with Crippen LogP contribution in [0.5, 0.6) is 0 Å². The molecule has 34 heavy (non-hydrogen) atoms. The summed E-state index contributed by atoms with van der Waals surface area (Å²) >= 11 is 0. The van der Waals surface area contributed by atoms with Crippen LogP contribution in [0.25, 0.3) is 48.8 Å². The summed E-state index contributed by atoms with van der Waals surface area (Å²) in [5.41, 5.74) is 8.29. The lowest BCUT2D eigenvalue weighted by Gasteiger charge is -2.13. The van der Waals surface area contributed by atoms with Crippen molar-refractivity contribution in [2.45, 2.75) is 46.0 Å². The first-order valence-corrected chi connectivity index (χ1v) is 12.3. The Hall–Kier alpha value is -3.64. The minimum absolute atomic E-state index is 0.564. The molecule has 3 nitrogen and oxygen atoms in total. The standard InChI is InChI=1S/C31H29N2O/c1-19-16-26-25-10-7-11-27(32-3)30(25)34-31(26)28(20(19)2)29-24-13-12-22(17-21-8-5-6-9-21)18-23(24)14-15-33(29)4/h7,10-16,18,21H,5-6,8-9,17H2,1-2,4H3/q+1. The molecule has 2 aromatic heterocycles. The Labute approximate surface area is 200 Å². The fourth-order valence-corrected chi connectivity index (χ4v) is 5.93. The van der Waals surface area contributed by atoms with Crippen LogP contribution in [-0.2, 0) is 13.5 Å². The van der Waals surface area contributed by atoms with Gasteiger partial charge in [-0.25, -0.2) is 9.41 Å². The fourth-order valence-electron chi connectivity index (χ4n) is 5.93. The molecule has 3 heteroatoms. The molecule has 0 spiro atoms. The highest BCUT2D eigenvalue weighted by atomic mass is 16.3. The maximum atomic E-state index is 7.60. The van der Waals surface area contributed by atoms with Gasteiger partial charge in [-0.3, -0.25) is 0 Å². The van der Waals surface area contributed by atoms with Gasteiger partial charge < -0.3 is 4.42 Å². The van der Waals surface area contributed by atoms with Gasteiger partial charge in [-0.2, -0.15) is 0 Å². The number of fused-ring (bicyclic) bond motifs is 4. The van der Waals surface area contributed by atoms with Gasteiger partial charge in [-0.1, -0.05) is 56.0 Å². The van der Waals surface area contributed by atoms with E-state index >= 15 is 0 Å². The number of rotatable bonds is 3. The second kappa shape index (κ2) is 7.99. The number of pyridine rings is 1. The van der Waals surface area contributed by atoms with Crippen molar-refractivity contribution in [3.8, 4) is 11.3 Å². The minimum atomic E-state index is 0.564. The molecule has 0 bridgehead atoms. The van der Waals surface area contributed by atoms with Gasteiger partial charge in [-0.15, -0.1) is 0 Å². The first-order valence-electron chi connectivity index (χ1n) is 12.3. The van der Waals surface area contributed by atoms with E-state index in [4.69, 9.17) is 11.0 Å². The molecule has 0 amide bonds. The monoisotopic (exact) mass is 445 g/mol. The highest BCUT2D eigenvalue weighted by Crippen LogP contribution is 2.42. The van der Waals surface area contributed by atoms with E-state index in [-0.39, 0.29) is 0 Å². The zero-order valence-electron chi connectivity index (χ0n) is 20.1. The summed E-state index contributed by atoms with van der Waals surface area (Å²) in [4.78, 5) is 3.71. The normalized spacial score (nSPS) is 14.4. The lowest BCUT2D eigenvalue weighted by molar-refractivity contribution is -0.659. The summed E-state index contributed by atoms with van der Waals surface area (Å²) in [5, 5.41) is 4.60. The molecule has 1 aliphatic rings. The number of hydrogen-bond donors (Lipinski definition) is 0. The van der Waals surface area contributed by atoms with Crippen LogP contribution in [0, 0.1) is 26.3 Å². The predicted octanol–water partition coefficient (Wildman–Crippen LogP) is 8.13. The molecule has 1 fully saturated rings. The summed E-state index contributed by atoms with van der Waals surface area (Å²) in [6, 6.07) is 17.3. The number of hydrogen-bond acceptors (Lipinski definition) is 1. The molecule has 5 aromatic rings. The lowest BCUT2D eigenvalue weighted by Crippen LogP contribution is -2.31. The topological polar surface area (TPSA) is 21.4 Å². The number of furan rings is 1. The van der Waals surface area contributed by atoms with Crippen molar-refractivity contribution in [1.82, 2.24) is 0 Å². The largest absolute Gasteiger partial charge is 0.466 e. The van der Waals surface area contributed by atoms with Crippen LogP contribution in [0.1, 0.15) is 42.4 Å². The van der Waals surface area contributed by atoms with Gasteiger partial charge in [0.2, 0.25) is 11.4 Å². The Kier molecular flexibility index (Phi) is 4.92. The van der Waals surface area contributed by atoms with E-state index in [0.717, 1.165) is 27.8 Å². The van der Waals surface area contributed by atoms with Crippen LogP contribution in [0.4, 0.5) is 5.69 Å². The molecule has 168 valence electrons. The van der Waals surface area contributed by atoms with Crippen molar-refractivity contribution in [2.75, 3.05) is 0 Å². The van der Waals surface area contributed by atoms with Gasteiger partial charge in [0.05, 0.1) is 17.5 Å². The quantitative estimate of drug-likeness (QED) is 0.203. The van der Waals surface area contributed by atoms with Crippen molar-refractivity contribution >= 4 is 38.4 Å². The number of aromatic nitrogens is 1. The summed E-state index contributed by atoms with van der Waals surface area (Å²) < 4.78 is 8.70. The zero-order chi connectivity index (χ0) is 23.4. The molecule has 0 atom stereocenters. The Bertz CT molecular complexity index is 1630. The SMILES string of the molecule is [C-]#[N+]c1cccc2c1oc1c(-c3c4ccc(CC5CCCC5)cc4cc[n+]3C)c(C)c(C)cc12. The molecule has 6 rings (SSSR count). The number of benzene rings is 3. The van der Waals surface area contributed by atoms with E-state index < -0.39 is 0 Å². The first kappa shape index (κ1) is 20.9. The average Bonchev–Trinajstić information content (AvgIpc) is 3.48. The fraction of sp³-hybridized carbons (Fsp3) is 0.290. The predicted molar refractivity (Wildman–Crippen MR) is 139 cm³/mol. The molecular weight excluding hydrogens is 416 g/mol. The molecule has 1 saturated carbocycles. The number of para-hydroxylation sites is 1. The van der Waals surface area contributed by atoms with Crippen molar-refractivity contribution in [3.63, 3.8) is 0 Å². The van der Waals surface area contributed by atoms with Gasteiger partial charge in [0.25, 0.3) is 0 Å². The zero-order valence-corrected chi connectivity index (χ0v) is 20.1. The summed E-state index contributed by atoms with van der Waals surface area (Å²) in [7, 11) is 2.11. The third-order valence-electron chi connectivity index (χ3n) is 7.85. The Balaban J connectivity index is 1.62. The molecule has 0 saturated heterocycles. The highest BCUT2D eigenvalue weighted by molar-refractivity contribution is 6.14. The molecule has 0 radical (unpaired) electrons. The summed E-state index contributed by atoms with van der Waals surface area (Å²) in [5.74, 6) is 0.836. The molecular formula is C31H29N2O+. The van der Waals surface area contributed by atoms with Crippen LogP contribution in [0.15, 0.2) is 59.1 Å². The van der Waals surface area contributed by atoms with Gasteiger partial charge in [0.15, 0.2) is 6.20 Å². The smallest absolute Gasteiger partial charge is 0.229 e. The first-order chi connectivity index (χ1) is 16.5. The van der Waals surface area contributed by atoms with Crippen LogP contribution in [0.2, 0.25) is 0 Å². The van der Waals surface area contributed by atoms with Crippen LogP contribution in [-0.4, -0.2) is 0 Å². The average molecular weight is 446 g/mol. The molecule has 0 N–H and O–H groups in total. The maximum absolute atomic E-state index is 7.60. The molecule has 0 aliphatic heterocycles. The van der Waals surface area contributed by atoms with Gasteiger partial charge >= 0.3 is 0 Å². The van der Waals surface area contributed by atoms with Crippen molar-refractivity contribution < 1.29 is 8.98 Å². The van der Waals surface area contributed by atoms with E-state index in [9.17, 15) is 0 Å². The van der Waals surface area contributed by atoms with E-state index in [0.29, 0.717) is 11.3 Å². The van der Waals surface area contributed by atoms with Crippen LogP contribution >= 0.6 is 0 Å². The lowest BCUT2D eigenvalue weighted by atomic mass is 9.92. The second-order valence-electron chi connectivity index (χ2n) is 9.99. The maximum Gasteiger partial charge on any atom is 0.229 e. The highest BCUT2D eigenvalue weighted by Gasteiger charge is 2.25. The molecule has 1 aliphatic carbocycles. The van der Waals surface area contributed by atoms with Crippen molar-refractivity contribution in [3.05, 3.63) is 82.8 Å². The van der Waals surface area contributed by atoms with E-state index in [1.54, 1.807) is 0 Å².